The van der Waals surface area contributed by atoms with Gasteiger partial charge in [0.1, 0.15) is 0 Å². The summed E-state index contributed by atoms with van der Waals surface area (Å²) < 4.78 is 23.0. The molecule has 0 saturated heterocycles. The quantitative estimate of drug-likeness (QED) is 0.505. The molecule has 0 amide bonds. The predicted octanol–water partition coefficient (Wildman–Crippen LogP) is 3.71. The fourth-order valence-electron chi connectivity index (χ4n) is 0.347. The van der Waals surface area contributed by atoms with E-state index in [4.69, 9.17) is 15.7 Å². The predicted molar refractivity (Wildman–Crippen MR) is 51.9 cm³/mol. The zero-order valence-electron chi connectivity index (χ0n) is 7.13. The summed E-state index contributed by atoms with van der Waals surface area (Å²) >= 11 is 10.8. The summed E-state index contributed by atoms with van der Waals surface area (Å²) in [6, 6.07) is -0.130. The van der Waals surface area contributed by atoms with Gasteiger partial charge >= 0.3 is 0 Å². The van der Waals surface area contributed by atoms with Crippen LogP contribution in [0, 0.1) is 3.57 Å². The molecule has 0 nitrogen and oxygen atoms in total. The highest BCUT2D eigenvalue weighted by molar-refractivity contribution is 14.1. The maximum atomic E-state index is 7.40. The van der Waals surface area contributed by atoms with E-state index in [0.717, 1.165) is 0 Å². The maximum absolute atomic E-state index is 7.40. The Labute approximate surface area is 85.1 Å². The van der Waals surface area contributed by atoms with Crippen LogP contribution in [0.2, 0.25) is 5.02 Å². The van der Waals surface area contributed by atoms with Crippen LogP contribution >= 0.6 is 50.1 Å². The van der Waals surface area contributed by atoms with Gasteiger partial charge in [-0.05, 0) is 50.6 Å². The van der Waals surface area contributed by atoms with Gasteiger partial charge in [-0.3, -0.25) is 0 Å². The van der Waals surface area contributed by atoms with Gasteiger partial charge in [0.25, 0.3) is 0 Å². The van der Waals surface area contributed by atoms with Crippen molar-refractivity contribution in [2.45, 2.75) is 0 Å². The largest absolute Gasteiger partial charge is 0.0819 e. The molecule has 48 valence electrons. The van der Waals surface area contributed by atoms with Crippen LogP contribution in [0.15, 0.2) is 22.6 Å². The second-order valence-corrected chi connectivity index (χ2v) is 3.57. The van der Waals surface area contributed by atoms with E-state index in [0.29, 0.717) is 13.1 Å². The topological polar surface area (TPSA) is 0 Å². The third-order valence-electron chi connectivity index (χ3n) is 0.730. The molecule has 0 saturated carbocycles. The van der Waals surface area contributed by atoms with Crippen LogP contribution in [-0.2, 0) is 0 Å². The van der Waals surface area contributed by atoms with Gasteiger partial charge in [0.05, 0.1) is 9.13 Å². The lowest BCUT2D eigenvalue weighted by molar-refractivity contribution is 1.60. The summed E-state index contributed by atoms with van der Waals surface area (Å²) in [6.07, 6.45) is 0. The smallest absolute Gasteiger partial charge is 0.0681 e. The molecule has 0 radical (unpaired) electrons. The van der Waals surface area contributed by atoms with Gasteiger partial charge in [-0.15, -0.1) is 0 Å². The van der Waals surface area contributed by atoms with Crippen LogP contribution in [0.5, 0.6) is 0 Å². The molecular weight excluding hydrogens is 314 g/mol. The fourth-order valence-corrected chi connectivity index (χ4v) is 1.51. The summed E-state index contributed by atoms with van der Waals surface area (Å²) in [5, 5.41) is 0.335. The third-order valence-corrected chi connectivity index (χ3v) is 3.06. The van der Waals surface area contributed by atoms with Gasteiger partial charge in [0.15, 0.2) is 0 Å². The Kier molecular flexibility index (Phi) is 1.63. The van der Waals surface area contributed by atoms with E-state index in [1.807, 2.05) is 22.6 Å². The standard InChI is InChI=1S/C6H3BrClI/c7-4-2-1-3-5(9)6(4)8/h1-3H/i1D,2D,3D. The van der Waals surface area contributed by atoms with Crippen molar-refractivity contribution in [3.8, 4) is 0 Å². The van der Waals surface area contributed by atoms with Crippen molar-refractivity contribution in [1.29, 1.82) is 0 Å². The first-order valence-corrected chi connectivity index (χ1v) is 4.32. The highest BCUT2D eigenvalue weighted by Gasteiger charge is 1.97. The Morgan fingerprint density at radius 1 is 1.67 bits per heavy atom. The molecule has 3 heteroatoms. The molecule has 0 spiro atoms. The average Bonchev–Trinajstić information content (AvgIpc) is 2.08. The molecule has 0 aliphatic carbocycles. The van der Waals surface area contributed by atoms with Crippen molar-refractivity contribution >= 4 is 50.1 Å². The van der Waals surface area contributed by atoms with Crippen molar-refractivity contribution in [1.82, 2.24) is 0 Å². The lowest BCUT2D eigenvalue weighted by Crippen LogP contribution is -1.72. The van der Waals surface area contributed by atoms with E-state index in [1.165, 1.54) is 0 Å². The average molecular weight is 320 g/mol. The Bertz CT molecular complexity index is 237. The van der Waals surface area contributed by atoms with Gasteiger partial charge in [-0.1, -0.05) is 17.6 Å². The van der Waals surface area contributed by atoms with E-state index >= 15 is 0 Å². The van der Waals surface area contributed by atoms with Gasteiger partial charge in [-0.2, -0.15) is 0 Å². The second kappa shape index (κ2) is 3.21. The molecule has 0 fully saturated rings. The first-order valence-electron chi connectivity index (χ1n) is 3.57. The molecule has 1 aromatic carbocycles. The normalized spacial score (nSPS) is 14.3. The Morgan fingerprint density at radius 2 is 2.33 bits per heavy atom. The minimum atomic E-state index is -0.101. The Hall–Kier alpha value is 0.720. The molecule has 0 aromatic heterocycles. The minimum Gasteiger partial charge on any atom is -0.0819 e. The van der Waals surface area contributed by atoms with E-state index in [9.17, 15) is 0 Å². The summed E-state index contributed by atoms with van der Waals surface area (Å²) in [4.78, 5) is 0. The number of hydrogen-bond donors (Lipinski definition) is 0. The zero-order valence-corrected chi connectivity index (χ0v) is 8.63. The lowest BCUT2D eigenvalue weighted by Gasteiger charge is -1.95. The number of hydrogen-bond acceptors (Lipinski definition) is 0. The van der Waals surface area contributed by atoms with Crippen molar-refractivity contribution in [2.24, 2.45) is 0 Å². The number of benzene rings is 1. The first kappa shape index (κ1) is 4.57. The molecule has 0 aliphatic heterocycles. The van der Waals surface area contributed by atoms with Gasteiger partial charge in [-0.25, -0.2) is 0 Å². The van der Waals surface area contributed by atoms with Crippen LogP contribution in [0.4, 0.5) is 0 Å². The van der Waals surface area contributed by atoms with Gasteiger partial charge in [0.2, 0.25) is 0 Å². The fraction of sp³-hybridized carbons (Fsp3) is 0. The van der Waals surface area contributed by atoms with Gasteiger partial charge < -0.3 is 0 Å². The molecule has 0 unspecified atom stereocenters. The molecule has 0 aliphatic rings. The van der Waals surface area contributed by atoms with Crippen LogP contribution in [-0.4, -0.2) is 0 Å². The Balaban J connectivity index is 3.60. The lowest BCUT2D eigenvalue weighted by atomic mass is 10.4. The second-order valence-electron chi connectivity index (χ2n) is 1.32. The summed E-state index contributed by atoms with van der Waals surface area (Å²) in [5.41, 5.74) is 0. The first-order chi connectivity index (χ1) is 5.46. The molecule has 1 rings (SSSR count). The molecule has 0 heterocycles. The molecular formula is C6H3BrClI. The van der Waals surface area contributed by atoms with E-state index in [-0.39, 0.29) is 18.1 Å². The van der Waals surface area contributed by atoms with E-state index in [1.54, 1.807) is 0 Å². The SMILES string of the molecule is [2H]c1c([2H])c(Br)c(Cl)c(I)c1[2H]. The van der Waals surface area contributed by atoms with E-state index in [2.05, 4.69) is 15.9 Å². The van der Waals surface area contributed by atoms with Crippen molar-refractivity contribution in [3.63, 3.8) is 0 Å². The van der Waals surface area contributed by atoms with Crippen molar-refractivity contribution in [2.75, 3.05) is 0 Å². The summed E-state index contributed by atoms with van der Waals surface area (Å²) in [6.45, 7) is 0. The van der Waals surface area contributed by atoms with Crippen molar-refractivity contribution in [3.05, 3.63) is 31.2 Å². The highest BCUT2D eigenvalue weighted by Crippen LogP contribution is 2.26. The summed E-state index contributed by atoms with van der Waals surface area (Å²) in [5.74, 6) is 0. The third kappa shape index (κ3) is 1.82. The molecule has 0 N–H and O–H groups in total. The van der Waals surface area contributed by atoms with Crippen LogP contribution in [0.25, 0.3) is 0 Å². The van der Waals surface area contributed by atoms with Crippen molar-refractivity contribution < 1.29 is 4.11 Å². The molecule has 0 bridgehead atoms. The Morgan fingerprint density at radius 3 is 3.00 bits per heavy atom. The maximum Gasteiger partial charge on any atom is 0.0681 e. The van der Waals surface area contributed by atoms with Crippen LogP contribution in [0.1, 0.15) is 4.11 Å². The molecule has 0 atom stereocenters. The minimum absolute atomic E-state index is 0.00815. The van der Waals surface area contributed by atoms with E-state index < -0.39 is 0 Å². The molecule has 9 heavy (non-hydrogen) atoms. The van der Waals surface area contributed by atoms with Crippen LogP contribution < -0.4 is 0 Å². The monoisotopic (exact) mass is 319 g/mol. The summed E-state index contributed by atoms with van der Waals surface area (Å²) in [7, 11) is 0. The van der Waals surface area contributed by atoms with Crippen LogP contribution in [0.3, 0.4) is 0 Å². The van der Waals surface area contributed by atoms with Gasteiger partial charge in [0, 0.05) is 8.04 Å². The number of rotatable bonds is 0. The highest BCUT2D eigenvalue weighted by atomic mass is 127. The zero-order chi connectivity index (χ0) is 9.46. The molecule has 1 aromatic rings. The number of halogens is 3.